The number of nitrogen functional groups attached to an aromatic ring is 1. The molecule has 0 unspecified atom stereocenters. The van der Waals surface area contributed by atoms with Crippen LogP contribution in [-0.4, -0.2) is 16.0 Å². The van der Waals surface area contributed by atoms with Gasteiger partial charge in [-0.25, -0.2) is 15.2 Å². The lowest BCUT2D eigenvalue weighted by Crippen LogP contribution is -2.30. The van der Waals surface area contributed by atoms with Gasteiger partial charge in [-0.15, -0.1) is 0 Å². The number of anilines is 2. The summed E-state index contributed by atoms with van der Waals surface area (Å²) in [7, 11) is 0. The summed E-state index contributed by atoms with van der Waals surface area (Å²) in [5.74, 6) is 5.21. The molecule has 5 nitrogen and oxygen atoms in total. The number of nitrogens with one attached hydrogen (secondary N) is 2. The van der Waals surface area contributed by atoms with Crippen molar-refractivity contribution in [2.45, 2.75) is 45.6 Å². The zero-order valence-corrected chi connectivity index (χ0v) is 10.8. The Hall–Kier alpha value is -1.43. The van der Waals surface area contributed by atoms with Gasteiger partial charge in [-0.2, -0.15) is 4.98 Å². The minimum Gasteiger partial charge on any atom is -0.365 e. The average molecular weight is 253 g/mol. The van der Waals surface area contributed by atoms with E-state index in [1.807, 2.05) is 0 Å². The van der Waals surface area contributed by atoms with Crippen LogP contribution in [-0.2, 0) is 0 Å². The summed E-state index contributed by atoms with van der Waals surface area (Å²) < 4.78 is 13.6. The minimum atomic E-state index is -0.446. The Morgan fingerprint density at radius 2 is 2.06 bits per heavy atom. The van der Waals surface area contributed by atoms with Crippen LogP contribution in [0.1, 0.15) is 39.5 Å². The number of halogens is 1. The van der Waals surface area contributed by atoms with Crippen molar-refractivity contribution in [3.05, 3.63) is 12.0 Å². The van der Waals surface area contributed by atoms with E-state index < -0.39 is 5.82 Å². The zero-order valence-electron chi connectivity index (χ0n) is 10.8. The van der Waals surface area contributed by atoms with E-state index in [-0.39, 0.29) is 17.8 Å². The largest absolute Gasteiger partial charge is 0.365 e. The number of hydrazine groups is 1. The lowest BCUT2D eigenvalue weighted by molar-refractivity contribution is 0.232. The van der Waals surface area contributed by atoms with E-state index in [9.17, 15) is 4.39 Å². The van der Waals surface area contributed by atoms with Crippen molar-refractivity contribution in [3.63, 3.8) is 0 Å². The van der Waals surface area contributed by atoms with Gasteiger partial charge in [0.1, 0.15) is 0 Å². The first kappa shape index (κ1) is 13.0. The summed E-state index contributed by atoms with van der Waals surface area (Å²) in [6, 6.07) is 0.271. The first-order valence-electron chi connectivity index (χ1n) is 6.26. The Bertz CT molecular complexity index is 411. The van der Waals surface area contributed by atoms with Crippen molar-refractivity contribution in [1.29, 1.82) is 0 Å². The Morgan fingerprint density at radius 3 is 2.67 bits per heavy atom. The predicted molar refractivity (Wildman–Crippen MR) is 69.5 cm³/mol. The minimum absolute atomic E-state index is 0.218. The van der Waals surface area contributed by atoms with Gasteiger partial charge in [0, 0.05) is 6.04 Å². The molecule has 0 aromatic carbocycles. The molecule has 0 atom stereocenters. The first-order chi connectivity index (χ1) is 8.50. The van der Waals surface area contributed by atoms with Gasteiger partial charge in [-0.05, 0) is 31.1 Å². The molecule has 1 saturated carbocycles. The maximum Gasteiger partial charge on any atom is 0.239 e. The second kappa shape index (κ2) is 5.06. The van der Waals surface area contributed by atoms with Crippen molar-refractivity contribution in [1.82, 2.24) is 9.97 Å². The summed E-state index contributed by atoms with van der Waals surface area (Å²) in [6.07, 6.45) is 5.46. The molecule has 4 N–H and O–H groups in total. The van der Waals surface area contributed by atoms with E-state index in [2.05, 4.69) is 34.6 Å². The highest BCUT2D eigenvalue weighted by Crippen LogP contribution is 2.36. The van der Waals surface area contributed by atoms with Gasteiger partial charge in [-0.1, -0.05) is 13.8 Å². The number of aromatic nitrogens is 2. The molecule has 0 radical (unpaired) electrons. The molecule has 1 aromatic rings. The molecule has 0 aliphatic heterocycles. The van der Waals surface area contributed by atoms with Crippen LogP contribution in [0.5, 0.6) is 0 Å². The van der Waals surface area contributed by atoms with Gasteiger partial charge in [0.25, 0.3) is 0 Å². The Labute approximate surface area is 106 Å². The zero-order chi connectivity index (χ0) is 13.2. The van der Waals surface area contributed by atoms with Crippen LogP contribution in [0.2, 0.25) is 0 Å². The lowest BCUT2D eigenvalue weighted by atomic mass is 9.75. The second-order valence-electron chi connectivity index (χ2n) is 5.62. The molecule has 0 spiro atoms. The predicted octanol–water partition coefficient (Wildman–Crippen LogP) is 2.28. The molecule has 100 valence electrons. The molecule has 0 saturated heterocycles. The second-order valence-corrected chi connectivity index (χ2v) is 5.62. The topological polar surface area (TPSA) is 75.9 Å². The standard InChI is InChI=1S/C12H20FN5/c1-12(2)5-3-8(4-6-12)16-10-9(13)7-15-11(17-10)18-14/h7-8H,3-6,14H2,1-2H3,(H2,15,16,17,18). The van der Waals surface area contributed by atoms with Gasteiger partial charge >= 0.3 is 0 Å². The monoisotopic (exact) mass is 253 g/mol. The molecule has 18 heavy (non-hydrogen) atoms. The number of hydrogen-bond acceptors (Lipinski definition) is 5. The summed E-state index contributed by atoms with van der Waals surface area (Å²) in [5.41, 5.74) is 2.71. The third-order valence-electron chi connectivity index (χ3n) is 3.55. The molecule has 1 fully saturated rings. The number of rotatable bonds is 3. The molecular formula is C12H20FN5. The van der Waals surface area contributed by atoms with Crippen LogP contribution in [0.25, 0.3) is 0 Å². The van der Waals surface area contributed by atoms with Crippen molar-refractivity contribution >= 4 is 11.8 Å². The highest BCUT2D eigenvalue weighted by Gasteiger charge is 2.27. The van der Waals surface area contributed by atoms with Crippen molar-refractivity contribution in [2.75, 3.05) is 10.7 Å². The van der Waals surface area contributed by atoms with E-state index in [1.165, 1.54) is 0 Å². The molecule has 6 heteroatoms. The summed E-state index contributed by atoms with van der Waals surface area (Å²) >= 11 is 0. The van der Waals surface area contributed by atoms with Gasteiger partial charge in [-0.3, -0.25) is 5.43 Å². The molecular weight excluding hydrogens is 233 g/mol. The highest BCUT2D eigenvalue weighted by atomic mass is 19.1. The Kier molecular flexibility index (Phi) is 3.65. The molecule has 1 aromatic heterocycles. The van der Waals surface area contributed by atoms with Crippen LogP contribution in [0, 0.1) is 11.2 Å². The van der Waals surface area contributed by atoms with E-state index in [1.54, 1.807) is 0 Å². The Morgan fingerprint density at radius 1 is 1.39 bits per heavy atom. The maximum atomic E-state index is 13.6. The summed E-state index contributed by atoms with van der Waals surface area (Å²) in [4.78, 5) is 7.70. The molecule has 0 bridgehead atoms. The molecule has 2 rings (SSSR count). The number of nitrogens with two attached hydrogens (primary N) is 1. The van der Waals surface area contributed by atoms with Crippen LogP contribution in [0.4, 0.5) is 16.2 Å². The molecule has 0 amide bonds. The normalized spacial score (nSPS) is 19.6. The van der Waals surface area contributed by atoms with Crippen LogP contribution >= 0.6 is 0 Å². The SMILES string of the molecule is CC1(C)CCC(Nc2nc(NN)ncc2F)CC1. The fourth-order valence-electron chi connectivity index (χ4n) is 2.27. The van der Waals surface area contributed by atoms with Gasteiger partial charge in [0.2, 0.25) is 5.95 Å². The summed E-state index contributed by atoms with van der Waals surface area (Å²) in [6.45, 7) is 4.54. The van der Waals surface area contributed by atoms with E-state index >= 15 is 0 Å². The molecule has 1 heterocycles. The number of nitrogens with zero attached hydrogens (tertiary/aromatic N) is 2. The maximum absolute atomic E-state index is 13.6. The fraction of sp³-hybridized carbons (Fsp3) is 0.667. The smallest absolute Gasteiger partial charge is 0.239 e. The van der Waals surface area contributed by atoms with Crippen molar-refractivity contribution in [2.24, 2.45) is 11.3 Å². The highest BCUT2D eigenvalue weighted by molar-refractivity contribution is 5.41. The first-order valence-corrected chi connectivity index (χ1v) is 6.26. The third-order valence-corrected chi connectivity index (χ3v) is 3.55. The number of hydrogen-bond donors (Lipinski definition) is 3. The summed E-state index contributed by atoms with van der Waals surface area (Å²) in [5, 5.41) is 3.14. The fourth-order valence-corrected chi connectivity index (χ4v) is 2.27. The van der Waals surface area contributed by atoms with E-state index in [0.717, 1.165) is 31.9 Å². The molecule has 1 aliphatic carbocycles. The van der Waals surface area contributed by atoms with E-state index in [0.29, 0.717) is 5.41 Å². The van der Waals surface area contributed by atoms with Crippen molar-refractivity contribution in [3.8, 4) is 0 Å². The molecule has 1 aliphatic rings. The van der Waals surface area contributed by atoms with Crippen LogP contribution in [0.3, 0.4) is 0 Å². The lowest BCUT2D eigenvalue weighted by Gasteiger charge is -2.34. The van der Waals surface area contributed by atoms with Gasteiger partial charge in [0.15, 0.2) is 11.6 Å². The average Bonchev–Trinajstić information content (AvgIpc) is 2.34. The quantitative estimate of drug-likeness (QED) is 0.569. The Balaban J connectivity index is 2.01. The van der Waals surface area contributed by atoms with Gasteiger partial charge in [0.05, 0.1) is 6.20 Å². The third kappa shape index (κ3) is 3.07. The van der Waals surface area contributed by atoms with Crippen LogP contribution in [0.15, 0.2) is 6.20 Å². The van der Waals surface area contributed by atoms with E-state index in [4.69, 9.17) is 5.84 Å². The van der Waals surface area contributed by atoms with Crippen molar-refractivity contribution < 1.29 is 4.39 Å². The van der Waals surface area contributed by atoms with Crippen LogP contribution < -0.4 is 16.6 Å². The van der Waals surface area contributed by atoms with Gasteiger partial charge < -0.3 is 5.32 Å².